The summed E-state index contributed by atoms with van der Waals surface area (Å²) in [6, 6.07) is 1.87. The summed E-state index contributed by atoms with van der Waals surface area (Å²) in [4.78, 5) is 16.8. The Balaban J connectivity index is 2.21. The number of aryl methyl sites for hydroxylation is 1. The summed E-state index contributed by atoms with van der Waals surface area (Å²) in [6.45, 7) is 6.58. The maximum absolute atomic E-state index is 5.50. The average molecular weight is 273 g/mol. The molecule has 2 heterocycles. The van der Waals surface area contributed by atoms with Gasteiger partial charge in [0.1, 0.15) is 23.8 Å². The molecule has 2 aromatic rings. The fourth-order valence-electron chi connectivity index (χ4n) is 1.98. The Morgan fingerprint density at radius 3 is 2.60 bits per heavy atom. The first-order valence-electron chi connectivity index (χ1n) is 6.45. The molecule has 0 aliphatic heterocycles. The van der Waals surface area contributed by atoms with Crippen molar-refractivity contribution >= 4 is 11.6 Å². The predicted molar refractivity (Wildman–Crippen MR) is 78.0 cm³/mol. The highest BCUT2D eigenvalue weighted by Crippen LogP contribution is 2.27. The third-order valence-electron chi connectivity index (χ3n) is 2.87. The van der Waals surface area contributed by atoms with Crippen LogP contribution < -0.4 is 16.6 Å². The number of aromatic nitrogens is 4. The van der Waals surface area contributed by atoms with Crippen LogP contribution in [0.3, 0.4) is 0 Å². The van der Waals surface area contributed by atoms with Crippen molar-refractivity contribution in [3.63, 3.8) is 0 Å². The summed E-state index contributed by atoms with van der Waals surface area (Å²) >= 11 is 0. The molecular weight excluding hydrogens is 254 g/mol. The molecule has 0 aliphatic carbocycles. The zero-order valence-corrected chi connectivity index (χ0v) is 11.9. The number of hydrogen-bond donors (Lipinski definition) is 3. The summed E-state index contributed by atoms with van der Waals surface area (Å²) in [5.41, 5.74) is 4.48. The van der Waals surface area contributed by atoms with Gasteiger partial charge in [0.2, 0.25) is 0 Å². The maximum atomic E-state index is 5.50. The third kappa shape index (κ3) is 3.18. The maximum Gasteiger partial charge on any atom is 0.148 e. The molecule has 7 nitrogen and oxygen atoms in total. The number of rotatable bonds is 5. The molecule has 0 saturated heterocycles. The summed E-state index contributed by atoms with van der Waals surface area (Å²) in [5.74, 6) is 7.89. The zero-order chi connectivity index (χ0) is 14.5. The van der Waals surface area contributed by atoms with Gasteiger partial charge in [0.25, 0.3) is 0 Å². The molecule has 0 amide bonds. The summed E-state index contributed by atoms with van der Waals surface area (Å²) in [6.07, 6.45) is 3.23. The van der Waals surface area contributed by atoms with Gasteiger partial charge in [0.15, 0.2) is 0 Å². The van der Waals surface area contributed by atoms with E-state index >= 15 is 0 Å². The van der Waals surface area contributed by atoms with Crippen molar-refractivity contribution in [3.8, 4) is 0 Å². The van der Waals surface area contributed by atoms with Crippen molar-refractivity contribution in [1.82, 2.24) is 19.9 Å². The minimum absolute atomic E-state index is 0.247. The van der Waals surface area contributed by atoms with E-state index in [0.29, 0.717) is 12.4 Å². The molecule has 106 valence electrons. The number of hydrogen-bond acceptors (Lipinski definition) is 7. The lowest BCUT2D eigenvalue weighted by molar-refractivity contribution is 0.842. The molecule has 0 atom stereocenters. The molecule has 7 heteroatoms. The van der Waals surface area contributed by atoms with Crippen LogP contribution in [0.2, 0.25) is 0 Å². The normalized spacial score (nSPS) is 10.7. The van der Waals surface area contributed by atoms with E-state index < -0.39 is 0 Å². The number of nitrogen functional groups attached to an aromatic ring is 1. The lowest BCUT2D eigenvalue weighted by Crippen LogP contribution is -2.15. The molecule has 0 fully saturated rings. The monoisotopic (exact) mass is 273 g/mol. The van der Waals surface area contributed by atoms with Crippen LogP contribution in [0.5, 0.6) is 0 Å². The van der Waals surface area contributed by atoms with Crippen molar-refractivity contribution in [2.24, 2.45) is 5.84 Å². The molecule has 20 heavy (non-hydrogen) atoms. The van der Waals surface area contributed by atoms with Crippen molar-refractivity contribution in [3.05, 3.63) is 35.7 Å². The highest BCUT2D eigenvalue weighted by Gasteiger charge is 2.14. The van der Waals surface area contributed by atoms with E-state index in [4.69, 9.17) is 5.84 Å². The van der Waals surface area contributed by atoms with Crippen LogP contribution in [-0.4, -0.2) is 19.9 Å². The number of anilines is 2. The van der Waals surface area contributed by atoms with Crippen molar-refractivity contribution in [1.29, 1.82) is 0 Å². The molecule has 0 aliphatic rings. The van der Waals surface area contributed by atoms with Gasteiger partial charge in [-0.05, 0) is 18.9 Å². The largest absolute Gasteiger partial charge is 0.364 e. The Hall–Kier alpha value is -2.28. The Morgan fingerprint density at radius 2 is 1.95 bits per heavy atom. The molecule has 2 aromatic heterocycles. The molecule has 4 N–H and O–H groups in total. The van der Waals surface area contributed by atoms with Crippen molar-refractivity contribution in [2.75, 3.05) is 10.7 Å². The van der Waals surface area contributed by atoms with Gasteiger partial charge in [-0.1, -0.05) is 13.8 Å². The Morgan fingerprint density at radius 1 is 1.20 bits per heavy atom. The van der Waals surface area contributed by atoms with E-state index in [1.54, 1.807) is 6.20 Å². The number of hydrazine groups is 1. The van der Waals surface area contributed by atoms with Crippen molar-refractivity contribution < 1.29 is 0 Å². The van der Waals surface area contributed by atoms with Gasteiger partial charge in [-0.25, -0.2) is 25.8 Å². The molecule has 2 rings (SSSR count). The fourth-order valence-corrected chi connectivity index (χ4v) is 1.98. The molecule has 0 saturated carbocycles. The van der Waals surface area contributed by atoms with E-state index in [-0.39, 0.29) is 5.92 Å². The van der Waals surface area contributed by atoms with E-state index in [0.717, 1.165) is 22.9 Å². The summed E-state index contributed by atoms with van der Waals surface area (Å²) in [7, 11) is 0. The molecule has 0 bridgehead atoms. The highest BCUT2D eigenvalue weighted by atomic mass is 15.3. The van der Waals surface area contributed by atoms with Crippen LogP contribution in [0, 0.1) is 6.92 Å². The third-order valence-corrected chi connectivity index (χ3v) is 2.87. The molecule has 0 unspecified atom stereocenters. The van der Waals surface area contributed by atoms with Gasteiger partial charge in [-0.2, -0.15) is 0 Å². The molecule has 0 spiro atoms. The van der Waals surface area contributed by atoms with Crippen LogP contribution in [-0.2, 0) is 6.54 Å². The summed E-state index contributed by atoms with van der Waals surface area (Å²) < 4.78 is 0. The van der Waals surface area contributed by atoms with Crippen LogP contribution in [0.15, 0.2) is 18.6 Å². The summed E-state index contributed by atoms with van der Waals surface area (Å²) in [5, 5.41) is 3.28. The minimum atomic E-state index is 0.247. The Labute approximate surface area is 118 Å². The van der Waals surface area contributed by atoms with Crippen LogP contribution in [0.4, 0.5) is 11.6 Å². The van der Waals surface area contributed by atoms with Crippen LogP contribution in [0.25, 0.3) is 0 Å². The van der Waals surface area contributed by atoms with Gasteiger partial charge < -0.3 is 10.7 Å². The van der Waals surface area contributed by atoms with Gasteiger partial charge in [0, 0.05) is 11.8 Å². The van der Waals surface area contributed by atoms with Gasteiger partial charge in [-0.15, -0.1) is 0 Å². The molecule has 0 aromatic carbocycles. The first-order valence-corrected chi connectivity index (χ1v) is 6.45. The van der Waals surface area contributed by atoms with Crippen LogP contribution >= 0.6 is 0 Å². The number of nitrogens with one attached hydrogen (secondary N) is 2. The number of nitrogens with zero attached hydrogens (tertiary/aromatic N) is 4. The fraction of sp³-hybridized carbons (Fsp3) is 0.385. The second kappa shape index (κ2) is 6.25. The van der Waals surface area contributed by atoms with Gasteiger partial charge >= 0.3 is 0 Å². The predicted octanol–water partition coefficient (Wildman–Crippen LogP) is 1.60. The standard InChI is InChI=1S/C13H19N7/c1-8(2)11-12(17-7-18-13(11)20-14)16-6-10-4-5-15-9(3)19-10/h4-5,7-8H,6,14H2,1-3H3,(H2,16,17,18,20). The minimum Gasteiger partial charge on any atom is -0.364 e. The second-order valence-corrected chi connectivity index (χ2v) is 4.73. The SMILES string of the molecule is Cc1nccc(CNc2ncnc(NN)c2C(C)C)n1. The van der Waals surface area contributed by atoms with Crippen LogP contribution in [0.1, 0.15) is 36.8 Å². The first-order chi connectivity index (χ1) is 9.61. The average Bonchev–Trinajstić information content (AvgIpc) is 2.44. The van der Waals surface area contributed by atoms with Gasteiger partial charge in [-0.3, -0.25) is 0 Å². The number of nitrogens with two attached hydrogens (primary N) is 1. The lowest BCUT2D eigenvalue weighted by atomic mass is 10.0. The van der Waals surface area contributed by atoms with E-state index in [1.165, 1.54) is 6.33 Å². The zero-order valence-electron chi connectivity index (χ0n) is 11.9. The van der Waals surface area contributed by atoms with E-state index in [9.17, 15) is 0 Å². The lowest BCUT2D eigenvalue weighted by Gasteiger charge is -2.16. The molecule has 0 radical (unpaired) electrons. The first kappa shape index (κ1) is 14.1. The van der Waals surface area contributed by atoms with E-state index in [1.807, 2.05) is 13.0 Å². The van der Waals surface area contributed by atoms with Gasteiger partial charge in [0.05, 0.1) is 12.2 Å². The molecular formula is C13H19N7. The Bertz CT molecular complexity index is 583. The van der Waals surface area contributed by atoms with E-state index in [2.05, 4.69) is 44.5 Å². The highest BCUT2D eigenvalue weighted by molar-refractivity contribution is 5.58. The smallest absolute Gasteiger partial charge is 0.148 e. The topological polar surface area (TPSA) is 102 Å². The Kier molecular flexibility index (Phi) is 4.41. The van der Waals surface area contributed by atoms with Crippen molar-refractivity contribution in [2.45, 2.75) is 33.2 Å². The quantitative estimate of drug-likeness (QED) is 0.561. The second-order valence-electron chi connectivity index (χ2n) is 4.73.